The number of anilines is 1. The van der Waals surface area contributed by atoms with Crippen molar-refractivity contribution in [1.82, 2.24) is 19.8 Å². The van der Waals surface area contributed by atoms with Crippen molar-refractivity contribution in [1.29, 1.82) is 0 Å². The zero-order valence-electron chi connectivity index (χ0n) is 19.4. The average molecular weight is 444 g/mol. The van der Waals surface area contributed by atoms with Crippen LogP contribution in [0, 0.1) is 0 Å². The molecule has 0 spiro atoms. The first kappa shape index (κ1) is 21.9. The molecule has 33 heavy (non-hydrogen) atoms. The van der Waals surface area contributed by atoms with E-state index < -0.39 is 0 Å². The monoisotopic (exact) mass is 443 g/mol. The van der Waals surface area contributed by atoms with E-state index in [2.05, 4.69) is 55.0 Å². The van der Waals surface area contributed by atoms with E-state index in [1.807, 2.05) is 36.7 Å². The minimum Gasteiger partial charge on any atom is -0.497 e. The van der Waals surface area contributed by atoms with Crippen LogP contribution >= 0.6 is 0 Å². The van der Waals surface area contributed by atoms with Crippen molar-refractivity contribution < 1.29 is 4.74 Å². The maximum absolute atomic E-state index is 5.23. The minimum absolute atomic E-state index is 0.649. The summed E-state index contributed by atoms with van der Waals surface area (Å²) in [6.45, 7) is 7.72. The topological polar surface area (TPSA) is 44.7 Å². The number of piperidine rings is 1. The molecule has 6 nitrogen and oxygen atoms in total. The van der Waals surface area contributed by atoms with Gasteiger partial charge in [0, 0.05) is 74.5 Å². The molecule has 2 saturated heterocycles. The molecule has 0 bridgehead atoms. The van der Waals surface area contributed by atoms with Crippen LogP contribution in [0.15, 0.2) is 67.0 Å². The Bertz CT molecular complexity index is 1000. The molecule has 3 heterocycles. The van der Waals surface area contributed by atoms with Gasteiger partial charge in [-0.3, -0.25) is 9.80 Å². The van der Waals surface area contributed by atoms with Gasteiger partial charge >= 0.3 is 0 Å². The first-order valence-electron chi connectivity index (χ1n) is 12.0. The summed E-state index contributed by atoms with van der Waals surface area (Å²) in [7, 11) is 1.68. The second-order valence-electron chi connectivity index (χ2n) is 9.03. The maximum atomic E-state index is 5.23. The van der Waals surface area contributed by atoms with Gasteiger partial charge in [0.05, 0.1) is 7.11 Å². The Kier molecular flexibility index (Phi) is 6.84. The van der Waals surface area contributed by atoms with Crippen molar-refractivity contribution in [3.05, 3.63) is 72.6 Å². The van der Waals surface area contributed by atoms with Crippen molar-refractivity contribution >= 4 is 5.69 Å². The lowest BCUT2D eigenvalue weighted by Gasteiger charge is -2.44. The fourth-order valence-electron chi connectivity index (χ4n) is 5.04. The third kappa shape index (κ3) is 5.34. The zero-order chi connectivity index (χ0) is 22.5. The van der Waals surface area contributed by atoms with Gasteiger partial charge in [-0.25, -0.2) is 9.97 Å². The van der Waals surface area contributed by atoms with Crippen molar-refractivity contribution in [2.45, 2.75) is 25.4 Å². The average Bonchev–Trinajstić information content (AvgIpc) is 2.90. The van der Waals surface area contributed by atoms with E-state index in [4.69, 9.17) is 4.74 Å². The van der Waals surface area contributed by atoms with Crippen LogP contribution in [0.2, 0.25) is 0 Å². The molecule has 0 radical (unpaired) electrons. The van der Waals surface area contributed by atoms with Gasteiger partial charge in [-0.15, -0.1) is 0 Å². The number of hydrogen-bond donors (Lipinski definition) is 0. The number of methoxy groups -OCH3 is 1. The Labute approximate surface area is 196 Å². The fourth-order valence-corrected chi connectivity index (χ4v) is 5.04. The molecule has 2 fully saturated rings. The van der Waals surface area contributed by atoms with Gasteiger partial charge in [-0.05, 0) is 55.8 Å². The highest BCUT2D eigenvalue weighted by atomic mass is 16.5. The quantitative estimate of drug-likeness (QED) is 0.575. The number of nitrogens with zero attached hydrogens (tertiary/aromatic N) is 5. The van der Waals surface area contributed by atoms with Crippen LogP contribution in [-0.2, 0) is 6.54 Å². The van der Waals surface area contributed by atoms with E-state index in [1.54, 1.807) is 7.11 Å². The molecule has 6 heteroatoms. The number of hydrogen-bond acceptors (Lipinski definition) is 6. The Morgan fingerprint density at radius 2 is 1.61 bits per heavy atom. The molecule has 2 aromatic carbocycles. The standard InChI is InChI=1S/C27H33N5O/c1-33-26-11-9-23(10-12-26)27-28-18-22(19-29-27)20-30-13-5-8-25(21-30)32-16-14-31(15-17-32)24-6-3-2-4-7-24/h2-4,6-7,9-12,18-19,25H,5,8,13-17,20-21H2,1H3. The maximum Gasteiger partial charge on any atom is 0.159 e. The lowest BCUT2D eigenvalue weighted by Crippen LogP contribution is -2.55. The lowest BCUT2D eigenvalue weighted by molar-refractivity contribution is 0.0886. The molecule has 1 aromatic heterocycles. The summed E-state index contributed by atoms with van der Waals surface area (Å²) in [6.07, 6.45) is 6.52. The van der Waals surface area contributed by atoms with Crippen LogP contribution in [0.5, 0.6) is 5.75 Å². The van der Waals surface area contributed by atoms with Gasteiger partial charge in [0.2, 0.25) is 0 Å². The van der Waals surface area contributed by atoms with Crippen molar-refractivity contribution in [2.75, 3.05) is 51.3 Å². The number of ether oxygens (including phenoxy) is 1. The van der Waals surface area contributed by atoms with Gasteiger partial charge in [-0.2, -0.15) is 0 Å². The van der Waals surface area contributed by atoms with E-state index in [0.29, 0.717) is 6.04 Å². The molecule has 172 valence electrons. The smallest absolute Gasteiger partial charge is 0.159 e. The molecule has 1 atom stereocenters. The molecular weight excluding hydrogens is 410 g/mol. The fraction of sp³-hybridized carbons (Fsp3) is 0.407. The van der Waals surface area contributed by atoms with E-state index >= 15 is 0 Å². The highest BCUT2D eigenvalue weighted by Gasteiger charge is 2.28. The second-order valence-corrected chi connectivity index (χ2v) is 9.03. The number of likely N-dealkylation sites (tertiary alicyclic amines) is 1. The molecule has 0 aliphatic carbocycles. The normalized spacial score (nSPS) is 20.0. The van der Waals surface area contributed by atoms with Crippen LogP contribution < -0.4 is 9.64 Å². The van der Waals surface area contributed by atoms with E-state index in [1.165, 1.54) is 24.1 Å². The number of benzene rings is 2. The summed E-state index contributed by atoms with van der Waals surface area (Å²) in [5.41, 5.74) is 3.54. The molecule has 1 unspecified atom stereocenters. The molecule has 0 amide bonds. The summed E-state index contributed by atoms with van der Waals surface area (Å²) >= 11 is 0. The summed E-state index contributed by atoms with van der Waals surface area (Å²) < 4.78 is 5.23. The van der Waals surface area contributed by atoms with Crippen LogP contribution in [0.4, 0.5) is 5.69 Å². The number of rotatable bonds is 6. The first-order chi connectivity index (χ1) is 16.3. The Morgan fingerprint density at radius 3 is 2.30 bits per heavy atom. The molecule has 0 N–H and O–H groups in total. The SMILES string of the molecule is COc1ccc(-c2ncc(CN3CCCC(N4CCN(c5ccccc5)CC4)C3)cn2)cc1. The number of aromatic nitrogens is 2. The van der Waals surface area contributed by atoms with Gasteiger partial charge in [0.1, 0.15) is 5.75 Å². The third-order valence-corrected chi connectivity index (χ3v) is 6.89. The van der Waals surface area contributed by atoms with E-state index in [-0.39, 0.29) is 0 Å². The van der Waals surface area contributed by atoms with Crippen molar-refractivity contribution in [3.63, 3.8) is 0 Å². The van der Waals surface area contributed by atoms with Crippen molar-refractivity contribution in [3.8, 4) is 17.1 Å². The first-order valence-corrected chi connectivity index (χ1v) is 12.0. The van der Waals surface area contributed by atoms with Gasteiger partial charge in [-0.1, -0.05) is 18.2 Å². The van der Waals surface area contributed by atoms with Crippen LogP contribution in [0.1, 0.15) is 18.4 Å². The van der Waals surface area contributed by atoms with Crippen LogP contribution in [0.25, 0.3) is 11.4 Å². The summed E-state index contributed by atoms with van der Waals surface area (Å²) in [5.74, 6) is 1.60. The van der Waals surface area contributed by atoms with Gasteiger partial charge in [0.25, 0.3) is 0 Å². The lowest BCUT2D eigenvalue weighted by atomic mass is 10.0. The van der Waals surface area contributed by atoms with Gasteiger partial charge in [0.15, 0.2) is 5.82 Å². The summed E-state index contributed by atoms with van der Waals surface area (Å²) in [6, 6.07) is 19.3. The molecular formula is C27H33N5O. The number of piperazine rings is 1. The van der Waals surface area contributed by atoms with Crippen LogP contribution in [-0.4, -0.2) is 72.2 Å². The third-order valence-electron chi connectivity index (χ3n) is 6.89. The van der Waals surface area contributed by atoms with E-state index in [0.717, 1.165) is 63.0 Å². The highest BCUT2D eigenvalue weighted by molar-refractivity contribution is 5.55. The largest absolute Gasteiger partial charge is 0.497 e. The predicted octanol–water partition coefficient (Wildman–Crippen LogP) is 3.94. The summed E-state index contributed by atoms with van der Waals surface area (Å²) in [5, 5.41) is 0. The molecule has 5 rings (SSSR count). The predicted molar refractivity (Wildman–Crippen MR) is 133 cm³/mol. The molecule has 3 aromatic rings. The number of para-hydroxylation sites is 1. The van der Waals surface area contributed by atoms with Gasteiger partial charge < -0.3 is 9.64 Å². The Morgan fingerprint density at radius 1 is 0.879 bits per heavy atom. The second kappa shape index (κ2) is 10.3. The Balaban J connectivity index is 1.14. The highest BCUT2D eigenvalue weighted by Crippen LogP contribution is 2.23. The molecule has 2 aliphatic rings. The summed E-state index contributed by atoms with van der Waals surface area (Å²) in [4.78, 5) is 17.0. The Hall–Kier alpha value is -2.96. The molecule has 2 aliphatic heterocycles. The van der Waals surface area contributed by atoms with E-state index in [9.17, 15) is 0 Å². The molecule has 0 saturated carbocycles. The van der Waals surface area contributed by atoms with Crippen LogP contribution in [0.3, 0.4) is 0 Å². The van der Waals surface area contributed by atoms with Crippen molar-refractivity contribution in [2.24, 2.45) is 0 Å². The zero-order valence-corrected chi connectivity index (χ0v) is 19.4. The minimum atomic E-state index is 0.649.